The Balaban J connectivity index is 2.88. The molecule has 1 rings (SSSR count). The lowest BCUT2D eigenvalue weighted by Gasteiger charge is -2.25. The second-order valence-electron chi connectivity index (χ2n) is 4.22. The van der Waals surface area contributed by atoms with Crippen LogP contribution in [0.25, 0.3) is 0 Å². The number of hydrogen-bond acceptors (Lipinski definition) is 3. The molecule has 1 unspecified atom stereocenters. The molecule has 0 aliphatic heterocycles. The fourth-order valence-electron chi connectivity index (χ4n) is 1.63. The van der Waals surface area contributed by atoms with Gasteiger partial charge in [-0.3, -0.25) is 4.79 Å². The van der Waals surface area contributed by atoms with E-state index in [4.69, 9.17) is 0 Å². The summed E-state index contributed by atoms with van der Waals surface area (Å²) in [6.07, 6.45) is 2.03. The first-order valence-corrected chi connectivity index (χ1v) is 6.92. The Morgan fingerprint density at radius 3 is 2.71 bits per heavy atom. The van der Waals surface area contributed by atoms with Crippen molar-refractivity contribution < 1.29 is 9.90 Å². The van der Waals surface area contributed by atoms with Gasteiger partial charge < -0.3 is 10.0 Å². The Kier molecular flexibility index (Phi) is 4.87. The molecule has 0 aliphatic carbocycles. The van der Waals surface area contributed by atoms with E-state index < -0.39 is 0 Å². The van der Waals surface area contributed by atoms with Gasteiger partial charge in [0.05, 0.1) is 0 Å². The van der Waals surface area contributed by atoms with E-state index >= 15 is 0 Å². The van der Waals surface area contributed by atoms with Crippen LogP contribution in [0.2, 0.25) is 0 Å². The molecule has 94 valence electrons. The minimum Gasteiger partial charge on any atom is -0.508 e. The number of hydrogen-bond donors (Lipinski definition) is 1. The van der Waals surface area contributed by atoms with Crippen molar-refractivity contribution in [2.75, 3.05) is 19.1 Å². The van der Waals surface area contributed by atoms with Crippen molar-refractivity contribution in [3.63, 3.8) is 0 Å². The van der Waals surface area contributed by atoms with Crippen LogP contribution in [0, 0.1) is 6.92 Å². The summed E-state index contributed by atoms with van der Waals surface area (Å²) in [4.78, 5) is 14.0. The second kappa shape index (κ2) is 5.96. The van der Waals surface area contributed by atoms with Gasteiger partial charge in [-0.15, -0.1) is 0 Å². The van der Waals surface area contributed by atoms with Gasteiger partial charge in [0, 0.05) is 24.4 Å². The van der Waals surface area contributed by atoms with Crippen molar-refractivity contribution in [3.8, 4) is 5.75 Å². The predicted octanol–water partition coefficient (Wildman–Crippen LogP) is 2.52. The number of carbonyl (C=O) groups excluding carboxylic acids is 1. The third kappa shape index (κ3) is 3.40. The first kappa shape index (κ1) is 13.9. The number of nitrogens with zero attached hydrogens (tertiary/aromatic N) is 1. The summed E-state index contributed by atoms with van der Waals surface area (Å²) in [5.41, 5.74) is 1.46. The largest absolute Gasteiger partial charge is 0.508 e. The van der Waals surface area contributed by atoms with Crippen molar-refractivity contribution in [2.24, 2.45) is 0 Å². The van der Waals surface area contributed by atoms with E-state index in [0.29, 0.717) is 5.56 Å². The molecule has 0 fully saturated rings. The Morgan fingerprint density at radius 2 is 2.18 bits per heavy atom. The standard InChI is InChI=1S/C13H19NO2S/c1-9-7-11(15)5-6-12(9)13(16)14(3)10(2)8-17-4/h5-7,10,15H,8H2,1-4H3. The molecule has 1 aromatic rings. The predicted molar refractivity (Wildman–Crippen MR) is 72.8 cm³/mol. The molecular formula is C13H19NO2S. The van der Waals surface area contributed by atoms with E-state index in [1.54, 1.807) is 34.9 Å². The van der Waals surface area contributed by atoms with Gasteiger partial charge in [0.15, 0.2) is 0 Å². The SMILES string of the molecule is CSCC(C)N(C)C(=O)c1ccc(O)cc1C. The summed E-state index contributed by atoms with van der Waals surface area (Å²) in [6, 6.07) is 5.04. The molecular weight excluding hydrogens is 234 g/mol. The molecule has 0 aliphatic rings. The number of phenolic OH excluding ortho intramolecular Hbond substituents is 1. The Labute approximate surface area is 107 Å². The van der Waals surface area contributed by atoms with Gasteiger partial charge in [-0.25, -0.2) is 0 Å². The maximum atomic E-state index is 12.2. The van der Waals surface area contributed by atoms with Crippen LogP contribution in [0.3, 0.4) is 0 Å². The van der Waals surface area contributed by atoms with E-state index in [2.05, 4.69) is 0 Å². The van der Waals surface area contributed by atoms with Crippen LogP contribution in [0.1, 0.15) is 22.8 Å². The topological polar surface area (TPSA) is 40.5 Å². The Bertz CT molecular complexity index is 406. The number of thioether (sulfide) groups is 1. The average Bonchev–Trinajstić information content (AvgIpc) is 2.27. The van der Waals surface area contributed by atoms with Crippen LogP contribution >= 0.6 is 11.8 Å². The minimum absolute atomic E-state index is 0.00375. The van der Waals surface area contributed by atoms with Gasteiger partial charge in [-0.1, -0.05) is 0 Å². The zero-order chi connectivity index (χ0) is 13.0. The van der Waals surface area contributed by atoms with Crippen LogP contribution < -0.4 is 0 Å². The van der Waals surface area contributed by atoms with E-state index in [1.807, 2.05) is 27.2 Å². The van der Waals surface area contributed by atoms with Crippen molar-refractivity contribution >= 4 is 17.7 Å². The lowest BCUT2D eigenvalue weighted by atomic mass is 10.1. The fraction of sp³-hybridized carbons (Fsp3) is 0.462. The van der Waals surface area contributed by atoms with Crippen molar-refractivity contribution in [1.29, 1.82) is 0 Å². The third-order valence-corrected chi connectivity index (χ3v) is 3.65. The monoisotopic (exact) mass is 253 g/mol. The van der Waals surface area contributed by atoms with Crippen molar-refractivity contribution in [1.82, 2.24) is 4.90 Å². The normalized spacial score (nSPS) is 12.2. The molecule has 4 heteroatoms. The maximum absolute atomic E-state index is 12.2. The summed E-state index contributed by atoms with van der Waals surface area (Å²) in [5.74, 6) is 1.11. The summed E-state index contributed by atoms with van der Waals surface area (Å²) in [5, 5.41) is 9.32. The number of amides is 1. The van der Waals surface area contributed by atoms with E-state index in [1.165, 1.54) is 0 Å². The molecule has 3 nitrogen and oxygen atoms in total. The molecule has 1 atom stereocenters. The van der Waals surface area contributed by atoms with Crippen LogP contribution in [-0.2, 0) is 0 Å². The van der Waals surface area contributed by atoms with Gasteiger partial charge in [-0.05, 0) is 43.9 Å². The summed E-state index contributed by atoms with van der Waals surface area (Å²) >= 11 is 1.72. The van der Waals surface area contributed by atoms with Crippen LogP contribution in [-0.4, -0.2) is 41.0 Å². The lowest BCUT2D eigenvalue weighted by Crippen LogP contribution is -2.36. The molecule has 0 saturated carbocycles. The summed E-state index contributed by atoms with van der Waals surface area (Å²) in [7, 11) is 1.81. The van der Waals surface area contributed by atoms with E-state index in [-0.39, 0.29) is 17.7 Å². The van der Waals surface area contributed by atoms with Crippen molar-refractivity contribution in [2.45, 2.75) is 19.9 Å². The zero-order valence-electron chi connectivity index (χ0n) is 10.7. The van der Waals surface area contributed by atoms with Gasteiger partial charge in [0.25, 0.3) is 5.91 Å². The number of rotatable bonds is 4. The summed E-state index contributed by atoms with van der Waals surface area (Å²) < 4.78 is 0. The van der Waals surface area contributed by atoms with Gasteiger partial charge in [0.1, 0.15) is 5.75 Å². The molecule has 0 spiro atoms. The first-order valence-electron chi connectivity index (χ1n) is 5.53. The number of aromatic hydroxyl groups is 1. The van der Waals surface area contributed by atoms with Gasteiger partial charge >= 0.3 is 0 Å². The Hall–Kier alpha value is -1.16. The molecule has 1 aromatic carbocycles. The first-order chi connectivity index (χ1) is 7.97. The molecule has 1 amide bonds. The second-order valence-corrected chi connectivity index (χ2v) is 5.13. The highest BCUT2D eigenvalue weighted by Crippen LogP contribution is 2.18. The average molecular weight is 253 g/mol. The molecule has 0 radical (unpaired) electrons. The molecule has 17 heavy (non-hydrogen) atoms. The van der Waals surface area contributed by atoms with Gasteiger partial charge in [0.2, 0.25) is 0 Å². The van der Waals surface area contributed by atoms with E-state index in [0.717, 1.165) is 11.3 Å². The lowest BCUT2D eigenvalue weighted by molar-refractivity contribution is 0.0757. The smallest absolute Gasteiger partial charge is 0.254 e. The quantitative estimate of drug-likeness (QED) is 0.896. The molecule has 1 N–H and O–H groups in total. The molecule has 0 aromatic heterocycles. The van der Waals surface area contributed by atoms with Crippen LogP contribution in [0.5, 0.6) is 5.75 Å². The fourth-order valence-corrected chi connectivity index (χ4v) is 2.34. The van der Waals surface area contributed by atoms with E-state index in [9.17, 15) is 9.90 Å². The Morgan fingerprint density at radius 1 is 1.53 bits per heavy atom. The number of carbonyl (C=O) groups is 1. The number of aryl methyl sites for hydroxylation is 1. The third-order valence-electron chi connectivity index (χ3n) is 2.83. The zero-order valence-corrected chi connectivity index (χ0v) is 11.5. The highest BCUT2D eigenvalue weighted by atomic mass is 32.2. The van der Waals surface area contributed by atoms with Gasteiger partial charge in [-0.2, -0.15) is 11.8 Å². The molecule has 0 heterocycles. The minimum atomic E-state index is 0.00375. The highest BCUT2D eigenvalue weighted by molar-refractivity contribution is 7.98. The van der Waals surface area contributed by atoms with Crippen LogP contribution in [0.15, 0.2) is 18.2 Å². The molecule has 0 bridgehead atoms. The highest BCUT2D eigenvalue weighted by Gasteiger charge is 2.18. The number of phenols is 1. The molecule has 0 saturated heterocycles. The summed E-state index contributed by atoms with van der Waals surface area (Å²) in [6.45, 7) is 3.87. The number of benzene rings is 1. The van der Waals surface area contributed by atoms with Crippen LogP contribution in [0.4, 0.5) is 0 Å². The van der Waals surface area contributed by atoms with Crippen molar-refractivity contribution in [3.05, 3.63) is 29.3 Å². The maximum Gasteiger partial charge on any atom is 0.254 e.